The number of esters is 1. The van der Waals surface area contributed by atoms with Crippen LogP contribution < -0.4 is 14.3 Å². The summed E-state index contributed by atoms with van der Waals surface area (Å²) in [5, 5.41) is 4.32. The Hall–Kier alpha value is -3.07. The molecule has 1 N–H and O–H groups in total. The van der Waals surface area contributed by atoms with Gasteiger partial charge in [0.1, 0.15) is 0 Å². The number of hydrogen-bond acceptors (Lipinski definition) is 6. The number of benzene rings is 3. The molecule has 0 saturated heterocycles. The van der Waals surface area contributed by atoms with Crippen molar-refractivity contribution in [3.63, 3.8) is 0 Å². The van der Waals surface area contributed by atoms with Crippen molar-refractivity contribution in [1.29, 1.82) is 0 Å². The van der Waals surface area contributed by atoms with E-state index in [0.717, 1.165) is 0 Å². The third-order valence-electron chi connectivity index (χ3n) is 3.98. The zero-order valence-corrected chi connectivity index (χ0v) is 18.4. The maximum Gasteiger partial charge on any atom is 0.345 e. The summed E-state index contributed by atoms with van der Waals surface area (Å²) in [6.45, 7) is 0. The van der Waals surface area contributed by atoms with Crippen molar-refractivity contribution in [2.75, 3.05) is 7.11 Å². The van der Waals surface area contributed by atoms with Crippen molar-refractivity contribution >= 4 is 45.4 Å². The van der Waals surface area contributed by atoms with Crippen LogP contribution in [0.25, 0.3) is 0 Å². The highest BCUT2D eigenvalue weighted by molar-refractivity contribution is 7.89. The number of halogens is 2. The number of carbonyl (C=O) groups is 1. The van der Waals surface area contributed by atoms with Gasteiger partial charge in [-0.05, 0) is 54.1 Å². The Kier molecular flexibility index (Phi) is 7.17. The van der Waals surface area contributed by atoms with Crippen LogP contribution in [0.1, 0.15) is 15.9 Å². The number of carbonyl (C=O) groups excluding carboxylic acids is 1. The van der Waals surface area contributed by atoms with Gasteiger partial charge < -0.3 is 9.47 Å². The van der Waals surface area contributed by atoms with Crippen molar-refractivity contribution in [3.8, 4) is 11.5 Å². The molecule has 160 valence electrons. The second-order valence-corrected chi connectivity index (χ2v) is 8.59. The first-order valence-corrected chi connectivity index (χ1v) is 11.0. The van der Waals surface area contributed by atoms with Crippen LogP contribution in [-0.4, -0.2) is 27.7 Å². The molecule has 31 heavy (non-hydrogen) atoms. The highest BCUT2D eigenvalue weighted by Crippen LogP contribution is 2.30. The molecule has 7 nitrogen and oxygen atoms in total. The molecule has 0 aliphatic heterocycles. The Labute approximate surface area is 189 Å². The van der Waals surface area contributed by atoms with Crippen molar-refractivity contribution in [2.45, 2.75) is 4.90 Å². The van der Waals surface area contributed by atoms with Crippen LogP contribution in [0.3, 0.4) is 0 Å². The van der Waals surface area contributed by atoms with Gasteiger partial charge in [-0.15, -0.1) is 0 Å². The molecule has 0 heterocycles. The fourth-order valence-corrected chi connectivity index (χ4v) is 3.78. The summed E-state index contributed by atoms with van der Waals surface area (Å²) in [5.74, 6) is -0.286. The van der Waals surface area contributed by atoms with E-state index in [0.29, 0.717) is 10.6 Å². The monoisotopic (exact) mass is 478 g/mol. The van der Waals surface area contributed by atoms with E-state index >= 15 is 0 Å². The third-order valence-corrected chi connectivity index (χ3v) is 5.77. The van der Waals surface area contributed by atoms with E-state index in [4.69, 9.17) is 32.7 Å². The van der Waals surface area contributed by atoms with E-state index in [2.05, 4.69) is 9.93 Å². The standard InChI is InChI=1S/C21H16Cl2N2O5S/c1-29-20-11-14(13-24-25-31(27,28)16-5-3-2-4-6-16)7-10-19(20)30-21(26)17-9-8-15(22)12-18(17)23/h2-13,25H,1H3. The molecule has 0 aliphatic carbocycles. The predicted octanol–water partition coefficient (Wildman–Crippen LogP) is 4.53. The highest BCUT2D eigenvalue weighted by Gasteiger charge is 2.16. The minimum absolute atomic E-state index is 0.0906. The van der Waals surface area contributed by atoms with Gasteiger partial charge in [0, 0.05) is 5.02 Å². The quantitative estimate of drug-likeness (QED) is 0.233. The lowest BCUT2D eigenvalue weighted by Crippen LogP contribution is -2.18. The molecule has 0 atom stereocenters. The highest BCUT2D eigenvalue weighted by atomic mass is 35.5. The maximum absolute atomic E-state index is 12.4. The second kappa shape index (κ2) is 9.82. The van der Waals surface area contributed by atoms with Gasteiger partial charge in [-0.2, -0.15) is 13.5 Å². The van der Waals surface area contributed by atoms with Gasteiger partial charge in [0.15, 0.2) is 11.5 Å². The van der Waals surface area contributed by atoms with Gasteiger partial charge in [-0.1, -0.05) is 41.4 Å². The van der Waals surface area contributed by atoms with Crippen LogP contribution in [0.2, 0.25) is 10.0 Å². The Morgan fingerprint density at radius 3 is 2.42 bits per heavy atom. The lowest BCUT2D eigenvalue weighted by atomic mass is 10.2. The minimum atomic E-state index is -3.78. The van der Waals surface area contributed by atoms with E-state index in [9.17, 15) is 13.2 Å². The van der Waals surface area contributed by atoms with E-state index in [1.165, 1.54) is 55.8 Å². The molecule has 0 aromatic heterocycles. The topological polar surface area (TPSA) is 94.1 Å². The zero-order valence-electron chi connectivity index (χ0n) is 16.1. The number of rotatable bonds is 7. The molecule has 0 unspecified atom stereocenters. The molecule has 10 heteroatoms. The van der Waals surface area contributed by atoms with E-state index < -0.39 is 16.0 Å². The molecule has 3 aromatic rings. The lowest BCUT2D eigenvalue weighted by molar-refractivity contribution is 0.0730. The van der Waals surface area contributed by atoms with Gasteiger partial charge in [-0.3, -0.25) is 0 Å². The number of hydrogen-bond donors (Lipinski definition) is 1. The van der Waals surface area contributed by atoms with Crippen LogP contribution in [-0.2, 0) is 10.0 Å². The summed E-state index contributed by atoms with van der Waals surface area (Å²) in [4.78, 5) is 14.6. The number of nitrogens with one attached hydrogen (secondary N) is 1. The van der Waals surface area contributed by atoms with E-state index in [1.54, 1.807) is 24.3 Å². The summed E-state index contributed by atoms with van der Waals surface area (Å²) >= 11 is 11.9. The first-order valence-electron chi connectivity index (χ1n) is 8.75. The van der Waals surface area contributed by atoms with Crippen molar-refractivity contribution in [3.05, 3.63) is 87.9 Å². The molecule has 0 radical (unpaired) electrons. The minimum Gasteiger partial charge on any atom is -0.493 e. The fourth-order valence-electron chi connectivity index (χ4n) is 2.48. The Balaban J connectivity index is 1.74. The number of nitrogens with zero attached hydrogens (tertiary/aromatic N) is 1. The van der Waals surface area contributed by atoms with Crippen LogP contribution in [0.5, 0.6) is 11.5 Å². The summed E-state index contributed by atoms with van der Waals surface area (Å²) in [5.41, 5.74) is 0.658. The van der Waals surface area contributed by atoms with Gasteiger partial charge in [0.05, 0.1) is 28.8 Å². The normalized spacial score (nSPS) is 11.3. The summed E-state index contributed by atoms with van der Waals surface area (Å²) in [7, 11) is -2.37. The molecule has 3 rings (SSSR count). The fraction of sp³-hybridized carbons (Fsp3) is 0.0476. The molecule has 0 saturated carbocycles. The molecule has 0 spiro atoms. The largest absolute Gasteiger partial charge is 0.493 e. The zero-order chi connectivity index (χ0) is 22.4. The van der Waals surface area contributed by atoms with Crippen LogP contribution in [0, 0.1) is 0 Å². The number of methoxy groups -OCH3 is 1. The van der Waals surface area contributed by atoms with Crippen molar-refractivity contribution in [1.82, 2.24) is 4.83 Å². The van der Waals surface area contributed by atoms with Crippen molar-refractivity contribution in [2.24, 2.45) is 5.10 Å². The molecular weight excluding hydrogens is 463 g/mol. The molecule has 0 aliphatic rings. The number of hydrazone groups is 1. The van der Waals surface area contributed by atoms with Gasteiger partial charge in [0.2, 0.25) is 0 Å². The Morgan fingerprint density at radius 1 is 1.00 bits per heavy atom. The van der Waals surface area contributed by atoms with Crippen LogP contribution >= 0.6 is 23.2 Å². The van der Waals surface area contributed by atoms with Crippen LogP contribution in [0.4, 0.5) is 0 Å². The summed E-state index contributed by atoms with van der Waals surface area (Å²) in [6, 6.07) is 16.9. The predicted molar refractivity (Wildman–Crippen MR) is 119 cm³/mol. The smallest absolute Gasteiger partial charge is 0.345 e. The Morgan fingerprint density at radius 2 is 1.74 bits per heavy atom. The first-order chi connectivity index (χ1) is 14.8. The molecular formula is C21H16Cl2N2O5S. The lowest BCUT2D eigenvalue weighted by Gasteiger charge is -2.10. The SMILES string of the molecule is COc1cc(C=NNS(=O)(=O)c2ccccc2)ccc1OC(=O)c1ccc(Cl)cc1Cl. The van der Waals surface area contributed by atoms with E-state index in [-0.39, 0.29) is 27.0 Å². The summed E-state index contributed by atoms with van der Waals surface area (Å²) in [6.07, 6.45) is 1.30. The third kappa shape index (κ3) is 5.75. The molecule has 0 bridgehead atoms. The van der Waals surface area contributed by atoms with Gasteiger partial charge in [0.25, 0.3) is 10.0 Å². The molecule has 3 aromatic carbocycles. The van der Waals surface area contributed by atoms with E-state index in [1.807, 2.05) is 0 Å². The van der Waals surface area contributed by atoms with Crippen LogP contribution in [0.15, 0.2) is 76.7 Å². The summed E-state index contributed by atoms with van der Waals surface area (Å²) < 4.78 is 35.0. The maximum atomic E-state index is 12.4. The number of ether oxygens (including phenoxy) is 2. The second-order valence-electron chi connectivity index (χ2n) is 6.09. The molecule has 0 fully saturated rings. The number of sulfonamides is 1. The van der Waals surface area contributed by atoms with Crippen molar-refractivity contribution < 1.29 is 22.7 Å². The van der Waals surface area contributed by atoms with Gasteiger partial charge >= 0.3 is 5.97 Å². The average Bonchev–Trinajstić information content (AvgIpc) is 2.75. The van der Waals surface area contributed by atoms with Gasteiger partial charge in [-0.25, -0.2) is 9.63 Å². The first kappa shape index (κ1) is 22.6. The Bertz CT molecular complexity index is 1230. The molecule has 0 amide bonds. The average molecular weight is 479 g/mol.